The van der Waals surface area contributed by atoms with Crippen LogP contribution in [0.25, 0.3) is 11.1 Å². The lowest BCUT2D eigenvalue weighted by Gasteiger charge is -2.03. The van der Waals surface area contributed by atoms with Crippen molar-refractivity contribution < 1.29 is 10.2 Å². The molecule has 32 heavy (non-hydrogen) atoms. The second-order valence-corrected chi connectivity index (χ2v) is 6.59. The topological polar surface area (TPSA) is 40.5 Å². The summed E-state index contributed by atoms with van der Waals surface area (Å²) in [6, 6.07) is 34.9. The van der Waals surface area contributed by atoms with E-state index in [2.05, 4.69) is 62.4 Å². The minimum atomic E-state index is 0. The van der Waals surface area contributed by atoms with E-state index in [1.165, 1.54) is 22.3 Å². The van der Waals surface area contributed by atoms with Gasteiger partial charge in [0.05, 0.1) is 0 Å². The first kappa shape index (κ1) is 28.5. The van der Waals surface area contributed by atoms with Gasteiger partial charge in [0, 0.05) is 0 Å². The monoisotopic (exact) mass is 430 g/mol. The van der Waals surface area contributed by atoms with Crippen LogP contribution >= 0.6 is 0 Å². The van der Waals surface area contributed by atoms with Crippen LogP contribution in [-0.2, 0) is 6.42 Å². The first-order chi connectivity index (χ1) is 15.1. The number of phenols is 2. The number of aryl methyl sites for hydroxylation is 2. The van der Waals surface area contributed by atoms with Gasteiger partial charge < -0.3 is 10.2 Å². The van der Waals surface area contributed by atoms with E-state index in [0.717, 1.165) is 6.42 Å². The molecule has 0 saturated carbocycles. The Morgan fingerprint density at radius 3 is 1.16 bits per heavy atom. The van der Waals surface area contributed by atoms with Crippen LogP contribution in [0.5, 0.6) is 11.5 Å². The van der Waals surface area contributed by atoms with Crippen LogP contribution < -0.4 is 0 Å². The maximum Gasteiger partial charge on any atom is 0.115 e. The number of para-hydroxylation sites is 2. The van der Waals surface area contributed by atoms with Crippen molar-refractivity contribution in [2.45, 2.75) is 41.5 Å². The van der Waals surface area contributed by atoms with Gasteiger partial charge in [-0.05, 0) is 54.3 Å². The van der Waals surface area contributed by atoms with Crippen molar-refractivity contribution in [3.05, 3.63) is 120 Å². The maximum absolute atomic E-state index is 8.63. The molecular formula is C30H38O2. The summed E-state index contributed by atoms with van der Waals surface area (Å²) in [5.41, 5.74) is 5.30. The van der Waals surface area contributed by atoms with Gasteiger partial charge in [0.15, 0.2) is 0 Å². The van der Waals surface area contributed by atoms with Gasteiger partial charge in [-0.1, -0.05) is 119 Å². The molecule has 0 fully saturated rings. The summed E-state index contributed by atoms with van der Waals surface area (Å²) in [6.45, 7) is 8.30. The average Bonchev–Trinajstić information content (AvgIpc) is 2.83. The number of rotatable bonds is 2. The molecule has 2 heteroatoms. The molecule has 4 rings (SSSR count). The van der Waals surface area contributed by atoms with Gasteiger partial charge in [-0.2, -0.15) is 0 Å². The van der Waals surface area contributed by atoms with E-state index in [0.29, 0.717) is 11.5 Å². The third-order valence-electron chi connectivity index (χ3n) is 4.26. The molecular weight excluding hydrogens is 392 g/mol. The number of benzene rings is 4. The molecule has 4 aromatic carbocycles. The molecule has 0 bridgehead atoms. The number of phenolic OH excluding ortho intramolecular Hbond substituents is 2. The fourth-order valence-corrected chi connectivity index (χ4v) is 2.53. The number of hydrogen-bond donors (Lipinski definition) is 2. The van der Waals surface area contributed by atoms with Crippen molar-refractivity contribution in [2.75, 3.05) is 0 Å². The van der Waals surface area contributed by atoms with Crippen LogP contribution in [-0.4, -0.2) is 10.2 Å². The minimum absolute atomic E-state index is 0. The van der Waals surface area contributed by atoms with Crippen molar-refractivity contribution in [2.24, 2.45) is 0 Å². The average molecular weight is 431 g/mol. The molecule has 0 radical (unpaired) electrons. The number of hydrogen-bond acceptors (Lipinski definition) is 2. The van der Waals surface area contributed by atoms with E-state index in [1.807, 2.05) is 26.0 Å². The summed E-state index contributed by atoms with van der Waals surface area (Å²) >= 11 is 0. The van der Waals surface area contributed by atoms with E-state index in [9.17, 15) is 0 Å². The van der Waals surface area contributed by atoms with E-state index in [1.54, 1.807) is 48.5 Å². The summed E-state index contributed by atoms with van der Waals surface area (Å²) in [7, 11) is 0. The highest BCUT2D eigenvalue weighted by Crippen LogP contribution is 2.20. The molecule has 4 aromatic rings. The second-order valence-electron chi connectivity index (χ2n) is 6.59. The van der Waals surface area contributed by atoms with Gasteiger partial charge in [-0.3, -0.25) is 0 Å². The van der Waals surface area contributed by atoms with Gasteiger partial charge in [0.2, 0.25) is 0 Å². The Morgan fingerprint density at radius 2 is 0.875 bits per heavy atom. The standard InChI is InChI=1S/C15H16.2C6H6O.C2H6.CH4/c1-3-13-6-10-15(11-7-13)14-8-4-12(2)5-9-14;2*7-6-4-2-1-3-5-6;1-2;/h4-11H,3H2,1-2H3;2*1-5,7H;1-2H3;1H4. The Kier molecular flexibility index (Phi) is 15.3. The smallest absolute Gasteiger partial charge is 0.115 e. The molecule has 0 spiro atoms. The Labute approximate surface area is 194 Å². The maximum atomic E-state index is 8.63. The van der Waals surface area contributed by atoms with E-state index < -0.39 is 0 Å². The number of aromatic hydroxyl groups is 2. The highest BCUT2D eigenvalue weighted by Gasteiger charge is 1.96. The van der Waals surface area contributed by atoms with Crippen molar-refractivity contribution in [3.8, 4) is 22.6 Å². The lowest BCUT2D eigenvalue weighted by atomic mass is 10.0. The van der Waals surface area contributed by atoms with Crippen LogP contribution in [0.4, 0.5) is 0 Å². The molecule has 0 amide bonds. The zero-order valence-corrected chi connectivity index (χ0v) is 19.0. The predicted molar refractivity (Wildman–Crippen MR) is 140 cm³/mol. The van der Waals surface area contributed by atoms with Crippen LogP contribution in [0.15, 0.2) is 109 Å². The van der Waals surface area contributed by atoms with Crippen LogP contribution in [0.1, 0.15) is 39.3 Å². The zero-order chi connectivity index (χ0) is 22.9. The molecule has 2 nitrogen and oxygen atoms in total. The zero-order valence-electron chi connectivity index (χ0n) is 19.0. The van der Waals surface area contributed by atoms with Gasteiger partial charge >= 0.3 is 0 Å². The first-order valence-corrected chi connectivity index (χ1v) is 10.7. The molecule has 0 saturated heterocycles. The van der Waals surface area contributed by atoms with Gasteiger partial charge in [0.25, 0.3) is 0 Å². The molecule has 170 valence electrons. The van der Waals surface area contributed by atoms with Crippen LogP contribution in [0.2, 0.25) is 0 Å². The molecule has 0 aliphatic heterocycles. The van der Waals surface area contributed by atoms with Gasteiger partial charge in [-0.15, -0.1) is 0 Å². The van der Waals surface area contributed by atoms with E-state index >= 15 is 0 Å². The highest BCUT2D eigenvalue weighted by atomic mass is 16.3. The van der Waals surface area contributed by atoms with Gasteiger partial charge in [-0.25, -0.2) is 0 Å². The second kappa shape index (κ2) is 17.2. The summed E-state index contributed by atoms with van der Waals surface area (Å²) in [4.78, 5) is 0. The first-order valence-electron chi connectivity index (χ1n) is 10.7. The molecule has 0 aliphatic rings. The summed E-state index contributed by atoms with van der Waals surface area (Å²) in [5, 5.41) is 17.3. The Hall–Kier alpha value is -3.52. The third kappa shape index (κ3) is 11.6. The van der Waals surface area contributed by atoms with E-state index in [-0.39, 0.29) is 7.43 Å². The Balaban J connectivity index is 0.000000476. The Morgan fingerprint density at radius 1 is 0.531 bits per heavy atom. The van der Waals surface area contributed by atoms with Crippen LogP contribution in [0, 0.1) is 6.92 Å². The summed E-state index contributed by atoms with van der Waals surface area (Å²) in [6.07, 6.45) is 1.11. The fraction of sp³-hybridized carbons (Fsp3) is 0.200. The lowest BCUT2D eigenvalue weighted by Crippen LogP contribution is -1.81. The molecule has 0 unspecified atom stereocenters. The summed E-state index contributed by atoms with van der Waals surface area (Å²) in [5.74, 6) is 0.644. The SMILES string of the molecule is C.CC.CCc1ccc(-c2ccc(C)cc2)cc1.Oc1ccccc1.Oc1ccccc1. The predicted octanol–water partition coefficient (Wildman–Crippen LogP) is 8.67. The molecule has 0 aliphatic carbocycles. The summed E-state index contributed by atoms with van der Waals surface area (Å²) < 4.78 is 0. The normalized spacial score (nSPS) is 8.75. The largest absolute Gasteiger partial charge is 0.508 e. The molecule has 0 atom stereocenters. The highest BCUT2D eigenvalue weighted by molar-refractivity contribution is 5.63. The van der Waals surface area contributed by atoms with Crippen molar-refractivity contribution >= 4 is 0 Å². The van der Waals surface area contributed by atoms with Gasteiger partial charge in [0.1, 0.15) is 11.5 Å². The minimum Gasteiger partial charge on any atom is -0.508 e. The van der Waals surface area contributed by atoms with E-state index in [4.69, 9.17) is 10.2 Å². The molecule has 0 aromatic heterocycles. The lowest BCUT2D eigenvalue weighted by molar-refractivity contribution is 0.475. The Bertz CT molecular complexity index is 892. The quantitative estimate of drug-likeness (QED) is 0.334. The molecule has 2 N–H and O–H groups in total. The third-order valence-corrected chi connectivity index (χ3v) is 4.26. The molecule has 0 heterocycles. The van der Waals surface area contributed by atoms with Crippen LogP contribution in [0.3, 0.4) is 0 Å². The van der Waals surface area contributed by atoms with Crippen molar-refractivity contribution in [3.63, 3.8) is 0 Å². The van der Waals surface area contributed by atoms with Crippen molar-refractivity contribution in [1.82, 2.24) is 0 Å². The fourth-order valence-electron chi connectivity index (χ4n) is 2.53. The van der Waals surface area contributed by atoms with Crippen molar-refractivity contribution in [1.29, 1.82) is 0 Å².